The Labute approximate surface area is 120 Å². The molecule has 0 aliphatic heterocycles. The van der Waals surface area contributed by atoms with Crippen molar-refractivity contribution in [1.29, 1.82) is 0 Å². The van der Waals surface area contributed by atoms with Crippen LogP contribution in [0.25, 0.3) is 0 Å². The minimum atomic E-state index is -1.15. The Kier molecular flexibility index (Phi) is 5.67. The van der Waals surface area contributed by atoms with E-state index in [0.29, 0.717) is 5.69 Å². The molecule has 1 aromatic rings. The third kappa shape index (κ3) is 4.77. The fourth-order valence-corrected chi connectivity index (χ4v) is 1.59. The SMILES string of the molecule is COc1cc(NC(=O)C(N)CCC(=O)O)ccc1C(=O)O. The number of hydrogen-bond donors (Lipinski definition) is 4. The predicted molar refractivity (Wildman–Crippen MR) is 73.4 cm³/mol. The zero-order chi connectivity index (χ0) is 16.0. The number of benzene rings is 1. The predicted octanol–water partition coefficient (Wildman–Crippen LogP) is 0.524. The van der Waals surface area contributed by atoms with Crippen molar-refractivity contribution < 1.29 is 29.3 Å². The van der Waals surface area contributed by atoms with Crippen molar-refractivity contribution in [2.75, 3.05) is 12.4 Å². The van der Waals surface area contributed by atoms with Crippen LogP contribution < -0.4 is 15.8 Å². The van der Waals surface area contributed by atoms with Gasteiger partial charge in [0.25, 0.3) is 0 Å². The molecular formula is C13H16N2O6. The van der Waals surface area contributed by atoms with Crippen LogP contribution in [0.4, 0.5) is 5.69 Å². The van der Waals surface area contributed by atoms with Gasteiger partial charge in [0.1, 0.15) is 11.3 Å². The smallest absolute Gasteiger partial charge is 0.339 e. The van der Waals surface area contributed by atoms with E-state index >= 15 is 0 Å². The Balaban J connectivity index is 2.76. The summed E-state index contributed by atoms with van der Waals surface area (Å²) in [6.07, 6.45) is -0.207. The first-order chi connectivity index (χ1) is 9.85. The molecule has 5 N–H and O–H groups in total. The van der Waals surface area contributed by atoms with Crippen LogP contribution in [-0.4, -0.2) is 41.2 Å². The monoisotopic (exact) mass is 296 g/mol. The number of anilines is 1. The molecule has 1 atom stereocenters. The number of carboxylic acids is 2. The molecule has 1 rings (SSSR count). The molecule has 21 heavy (non-hydrogen) atoms. The lowest BCUT2D eigenvalue weighted by Crippen LogP contribution is -2.36. The number of nitrogens with two attached hydrogens (primary N) is 1. The number of methoxy groups -OCH3 is 1. The second kappa shape index (κ2) is 7.25. The van der Waals surface area contributed by atoms with Crippen LogP contribution in [-0.2, 0) is 9.59 Å². The summed E-state index contributed by atoms with van der Waals surface area (Å²) in [6, 6.07) is 3.07. The van der Waals surface area contributed by atoms with E-state index in [4.69, 9.17) is 20.7 Å². The quantitative estimate of drug-likeness (QED) is 0.575. The van der Waals surface area contributed by atoms with Crippen LogP contribution in [0.5, 0.6) is 5.75 Å². The molecule has 0 aliphatic rings. The van der Waals surface area contributed by atoms with E-state index in [2.05, 4.69) is 5.32 Å². The minimum Gasteiger partial charge on any atom is -0.496 e. The number of carbonyl (C=O) groups is 3. The zero-order valence-corrected chi connectivity index (χ0v) is 11.3. The molecule has 0 radical (unpaired) electrons. The summed E-state index contributed by atoms with van der Waals surface area (Å²) in [6.45, 7) is 0. The molecule has 114 valence electrons. The lowest BCUT2D eigenvalue weighted by atomic mass is 10.1. The van der Waals surface area contributed by atoms with E-state index in [1.807, 2.05) is 0 Å². The van der Waals surface area contributed by atoms with Crippen LogP contribution in [0.15, 0.2) is 18.2 Å². The number of aliphatic carboxylic acids is 1. The minimum absolute atomic E-state index is 0.00547. The average molecular weight is 296 g/mol. The molecule has 0 spiro atoms. The van der Waals surface area contributed by atoms with Crippen molar-refractivity contribution in [3.8, 4) is 5.75 Å². The molecule has 0 aliphatic carbocycles. The van der Waals surface area contributed by atoms with Gasteiger partial charge in [-0.1, -0.05) is 0 Å². The van der Waals surface area contributed by atoms with Crippen molar-refractivity contribution in [3.05, 3.63) is 23.8 Å². The van der Waals surface area contributed by atoms with E-state index in [-0.39, 0.29) is 24.2 Å². The van der Waals surface area contributed by atoms with Crippen LogP contribution in [0, 0.1) is 0 Å². The van der Waals surface area contributed by atoms with E-state index in [1.165, 1.54) is 25.3 Å². The summed E-state index contributed by atoms with van der Waals surface area (Å²) < 4.78 is 4.93. The van der Waals surface area contributed by atoms with Crippen molar-refractivity contribution in [2.24, 2.45) is 5.73 Å². The fourth-order valence-electron chi connectivity index (χ4n) is 1.59. The van der Waals surface area contributed by atoms with Crippen molar-refractivity contribution in [3.63, 3.8) is 0 Å². The van der Waals surface area contributed by atoms with Gasteiger partial charge in [0.15, 0.2) is 0 Å². The first-order valence-corrected chi connectivity index (χ1v) is 6.04. The molecule has 0 heterocycles. The Morgan fingerprint density at radius 1 is 1.33 bits per heavy atom. The van der Waals surface area contributed by atoms with Crippen molar-refractivity contribution in [2.45, 2.75) is 18.9 Å². The van der Waals surface area contributed by atoms with Gasteiger partial charge < -0.3 is 26.0 Å². The van der Waals surface area contributed by atoms with E-state index in [0.717, 1.165) is 0 Å². The maximum Gasteiger partial charge on any atom is 0.339 e. The van der Waals surface area contributed by atoms with Gasteiger partial charge >= 0.3 is 11.9 Å². The summed E-state index contributed by atoms with van der Waals surface area (Å²) in [4.78, 5) is 33.1. The number of hydrogen-bond acceptors (Lipinski definition) is 5. The number of aromatic carboxylic acids is 1. The molecular weight excluding hydrogens is 280 g/mol. The second-order valence-electron chi connectivity index (χ2n) is 4.25. The molecule has 0 bridgehead atoms. The normalized spacial score (nSPS) is 11.5. The largest absolute Gasteiger partial charge is 0.496 e. The number of amides is 1. The van der Waals surface area contributed by atoms with Crippen molar-refractivity contribution >= 4 is 23.5 Å². The van der Waals surface area contributed by atoms with Gasteiger partial charge in [-0.3, -0.25) is 9.59 Å². The summed E-state index contributed by atoms with van der Waals surface area (Å²) in [5.74, 6) is -2.64. The first kappa shape index (κ1) is 16.4. The zero-order valence-electron chi connectivity index (χ0n) is 11.3. The van der Waals surface area contributed by atoms with Gasteiger partial charge in [-0.15, -0.1) is 0 Å². The maximum absolute atomic E-state index is 11.8. The maximum atomic E-state index is 11.8. The Morgan fingerprint density at radius 3 is 2.52 bits per heavy atom. The van der Waals surface area contributed by atoms with Gasteiger partial charge in [0.05, 0.1) is 13.2 Å². The van der Waals surface area contributed by atoms with Crippen LogP contribution in [0.2, 0.25) is 0 Å². The third-order valence-electron chi connectivity index (χ3n) is 2.71. The third-order valence-corrected chi connectivity index (χ3v) is 2.71. The molecule has 0 saturated heterocycles. The van der Waals surface area contributed by atoms with Crippen LogP contribution in [0.1, 0.15) is 23.2 Å². The highest BCUT2D eigenvalue weighted by Crippen LogP contribution is 2.23. The number of rotatable bonds is 7. The van der Waals surface area contributed by atoms with Gasteiger partial charge in [-0.2, -0.15) is 0 Å². The van der Waals surface area contributed by atoms with E-state index in [9.17, 15) is 14.4 Å². The van der Waals surface area contributed by atoms with Gasteiger partial charge in [0, 0.05) is 18.2 Å². The number of nitrogens with one attached hydrogen (secondary N) is 1. The summed E-state index contributed by atoms with van der Waals surface area (Å²) >= 11 is 0. The van der Waals surface area contributed by atoms with E-state index in [1.54, 1.807) is 0 Å². The highest BCUT2D eigenvalue weighted by atomic mass is 16.5. The van der Waals surface area contributed by atoms with Crippen LogP contribution >= 0.6 is 0 Å². The first-order valence-electron chi connectivity index (χ1n) is 6.04. The van der Waals surface area contributed by atoms with E-state index < -0.39 is 23.9 Å². The topological polar surface area (TPSA) is 139 Å². The standard InChI is InChI=1S/C13H16N2O6/c1-21-10-6-7(2-3-8(10)13(19)20)15-12(18)9(14)4-5-11(16)17/h2-3,6,9H,4-5,14H2,1H3,(H,15,18)(H,16,17)(H,19,20). The molecule has 0 fully saturated rings. The van der Waals surface area contributed by atoms with Crippen LogP contribution in [0.3, 0.4) is 0 Å². The van der Waals surface area contributed by atoms with Crippen molar-refractivity contribution in [1.82, 2.24) is 0 Å². The molecule has 8 nitrogen and oxygen atoms in total. The average Bonchev–Trinajstić information content (AvgIpc) is 2.43. The van der Waals surface area contributed by atoms with Gasteiger partial charge in [-0.25, -0.2) is 4.79 Å². The fraction of sp³-hybridized carbons (Fsp3) is 0.308. The number of carboxylic acid groups (broad SMARTS) is 2. The molecule has 1 amide bonds. The number of ether oxygens (including phenoxy) is 1. The molecule has 1 unspecified atom stereocenters. The summed E-state index contributed by atoms with van der Waals surface area (Å²) in [7, 11) is 1.31. The highest BCUT2D eigenvalue weighted by molar-refractivity contribution is 5.96. The molecule has 0 aromatic heterocycles. The summed E-state index contributed by atoms with van der Waals surface area (Å²) in [5, 5.41) is 19.9. The molecule has 1 aromatic carbocycles. The Morgan fingerprint density at radius 2 is 2.00 bits per heavy atom. The second-order valence-corrected chi connectivity index (χ2v) is 4.25. The Hall–Kier alpha value is -2.61. The lowest BCUT2D eigenvalue weighted by molar-refractivity contribution is -0.137. The van der Waals surface area contributed by atoms with Gasteiger partial charge in [-0.05, 0) is 18.6 Å². The number of carbonyl (C=O) groups excluding carboxylic acids is 1. The molecule has 0 saturated carbocycles. The lowest BCUT2D eigenvalue weighted by Gasteiger charge is -2.12. The Bertz CT molecular complexity index is 558. The molecule has 8 heteroatoms. The highest BCUT2D eigenvalue weighted by Gasteiger charge is 2.17. The van der Waals surface area contributed by atoms with Gasteiger partial charge in [0.2, 0.25) is 5.91 Å². The summed E-state index contributed by atoms with van der Waals surface area (Å²) in [5.41, 5.74) is 5.84.